The Morgan fingerprint density at radius 3 is 2.81 bits per heavy atom. The van der Waals surface area contributed by atoms with E-state index in [1.165, 1.54) is 0 Å². The van der Waals surface area contributed by atoms with Crippen LogP contribution in [0.5, 0.6) is 0 Å². The van der Waals surface area contributed by atoms with Crippen molar-refractivity contribution < 1.29 is 9.90 Å². The number of benzene rings is 1. The summed E-state index contributed by atoms with van der Waals surface area (Å²) in [4.78, 5) is 23.5. The third-order valence-electron chi connectivity index (χ3n) is 4.77. The molecule has 0 radical (unpaired) electrons. The number of amides is 2. The van der Waals surface area contributed by atoms with Gasteiger partial charge in [0.15, 0.2) is 0 Å². The van der Waals surface area contributed by atoms with Gasteiger partial charge in [0.05, 0.1) is 18.3 Å². The molecular formula is C20H26N4O2. The molecule has 1 aliphatic heterocycles. The Morgan fingerprint density at radius 1 is 1.31 bits per heavy atom. The summed E-state index contributed by atoms with van der Waals surface area (Å²) in [7, 11) is 0. The molecule has 1 aliphatic rings. The number of nitrogens with one attached hydrogen (secondary N) is 1. The number of aliphatic hydroxyl groups is 1. The van der Waals surface area contributed by atoms with Crippen LogP contribution in [0.3, 0.4) is 0 Å². The number of aromatic nitrogens is 2. The first-order chi connectivity index (χ1) is 12.6. The third-order valence-corrected chi connectivity index (χ3v) is 4.77. The van der Waals surface area contributed by atoms with Crippen molar-refractivity contribution in [1.82, 2.24) is 20.2 Å². The third kappa shape index (κ3) is 4.38. The second-order valence-electron chi connectivity index (χ2n) is 7.00. The monoisotopic (exact) mass is 354 g/mol. The molecule has 138 valence electrons. The molecule has 2 aromatic rings. The number of rotatable bonds is 5. The lowest BCUT2D eigenvalue weighted by molar-refractivity contribution is 0.188. The van der Waals surface area contributed by atoms with Crippen LogP contribution in [0.25, 0.3) is 0 Å². The van der Waals surface area contributed by atoms with Crippen molar-refractivity contribution in [2.45, 2.75) is 39.3 Å². The van der Waals surface area contributed by atoms with Gasteiger partial charge in [0.2, 0.25) is 0 Å². The molecule has 0 spiro atoms. The van der Waals surface area contributed by atoms with Crippen LogP contribution in [-0.4, -0.2) is 39.2 Å². The first kappa shape index (κ1) is 18.3. The second-order valence-corrected chi connectivity index (χ2v) is 7.00. The Morgan fingerprint density at radius 2 is 2.08 bits per heavy atom. The van der Waals surface area contributed by atoms with Crippen molar-refractivity contribution in [2.75, 3.05) is 13.2 Å². The molecule has 1 aromatic heterocycles. The number of urea groups is 1. The van der Waals surface area contributed by atoms with Gasteiger partial charge in [0.1, 0.15) is 5.82 Å². The summed E-state index contributed by atoms with van der Waals surface area (Å²) in [6.07, 6.45) is 3.27. The SMILES string of the molecule is C[C@@H](CO)Cc1ncc2c(n1)CN(C(=O)N[C@H](C)c1ccccc1)CC2. The zero-order valence-electron chi connectivity index (χ0n) is 15.4. The largest absolute Gasteiger partial charge is 0.396 e. The van der Waals surface area contributed by atoms with Gasteiger partial charge in [0, 0.05) is 25.8 Å². The highest BCUT2D eigenvalue weighted by molar-refractivity contribution is 5.75. The van der Waals surface area contributed by atoms with E-state index in [1.807, 2.05) is 50.4 Å². The Balaban J connectivity index is 1.65. The molecule has 0 saturated carbocycles. The van der Waals surface area contributed by atoms with E-state index in [-0.39, 0.29) is 24.6 Å². The molecule has 0 aliphatic carbocycles. The van der Waals surface area contributed by atoms with Crippen molar-refractivity contribution >= 4 is 6.03 Å². The molecule has 2 heterocycles. The maximum Gasteiger partial charge on any atom is 0.318 e. The molecule has 2 N–H and O–H groups in total. The predicted octanol–water partition coefficient (Wildman–Crippen LogP) is 2.48. The van der Waals surface area contributed by atoms with E-state index in [1.54, 1.807) is 4.90 Å². The lowest BCUT2D eigenvalue weighted by atomic mass is 10.1. The summed E-state index contributed by atoms with van der Waals surface area (Å²) >= 11 is 0. The lowest BCUT2D eigenvalue weighted by Gasteiger charge is -2.29. The van der Waals surface area contributed by atoms with Crippen LogP contribution in [0.4, 0.5) is 4.79 Å². The van der Waals surface area contributed by atoms with E-state index < -0.39 is 0 Å². The molecule has 1 aromatic carbocycles. The molecule has 26 heavy (non-hydrogen) atoms. The molecule has 0 unspecified atom stereocenters. The number of carbonyl (C=O) groups excluding carboxylic acids is 1. The van der Waals surface area contributed by atoms with Gasteiger partial charge in [-0.1, -0.05) is 37.3 Å². The Hall–Kier alpha value is -2.47. The predicted molar refractivity (Wildman–Crippen MR) is 99.5 cm³/mol. The van der Waals surface area contributed by atoms with E-state index >= 15 is 0 Å². The van der Waals surface area contributed by atoms with Crippen molar-refractivity contribution in [3.63, 3.8) is 0 Å². The first-order valence-corrected chi connectivity index (χ1v) is 9.11. The van der Waals surface area contributed by atoms with Crippen LogP contribution in [0.15, 0.2) is 36.5 Å². The van der Waals surface area contributed by atoms with Gasteiger partial charge in [-0.2, -0.15) is 0 Å². The standard InChI is InChI=1S/C20H26N4O2/c1-14(13-25)10-19-21-11-17-8-9-24(12-18(17)23-19)20(26)22-15(2)16-6-4-3-5-7-16/h3-7,11,14-15,25H,8-10,12-13H2,1-2H3,(H,22,26)/t14-,15-/m1/s1. The Kier molecular flexibility index (Phi) is 5.83. The maximum absolute atomic E-state index is 12.6. The van der Waals surface area contributed by atoms with Gasteiger partial charge >= 0.3 is 6.03 Å². The highest BCUT2D eigenvalue weighted by Crippen LogP contribution is 2.19. The summed E-state index contributed by atoms with van der Waals surface area (Å²) in [6.45, 7) is 5.23. The smallest absolute Gasteiger partial charge is 0.318 e. The van der Waals surface area contributed by atoms with Gasteiger partial charge in [-0.25, -0.2) is 14.8 Å². The van der Waals surface area contributed by atoms with E-state index in [4.69, 9.17) is 0 Å². The molecule has 6 nitrogen and oxygen atoms in total. The van der Waals surface area contributed by atoms with Crippen LogP contribution in [0.1, 0.15) is 42.5 Å². The van der Waals surface area contributed by atoms with Crippen molar-refractivity contribution in [3.05, 3.63) is 59.2 Å². The number of carbonyl (C=O) groups is 1. The van der Waals surface area contributed by atoms with Gasteiger partial charge in [0.25, 0.3) is 0 Å². The minimum Gasteiger partial charge on any atom is -0.396 e. The minimum absolute atomic E-state index is 0.0449. The fourth-order valence-electron chi connectivity index (χ4n) is 3.09. The molecule has 0 bridgehead atoms. The molecule has 6 heteroatoms. The van der Waals surface area contributed by atoms with Crippen molar-refractivity contribution in [2.24, 2.45) is 5.92 Å². The topological polar surface area (TPSA) is 78.4 Å². The van der Waals surface area contributed by atoms with Gasteiger partial charge in [-0.15, -0.1) is 0 Å². The molecule has 0 saturated heterocycles. The highest BCUT2D eigenvalue weighted by atomic mass is 16.3. The molecule has 3 rings (SSSR count). The summed E-state index contributed by atoms with van der Waals surface area (Å²) in [5.41, 5.74) is 3.10. The van der Waals surface area contributed by atoms with Crippen LogP contribution in [-0.2, 0) is 19.4 Å². The van der Waals surface area contributed by atoms with E-state index in [9.17, 15) is 9.90 Å². The van der Waals surface area contributed by atoms with Crippen molar-refractivity contribution in [1.29, 1.82) is 0 Å². The van der Waals surface area contributed by atoms with E-state index in [2.05, 4.69) is 15.3 Å². The number of fused-ring (bicyclic) bond motifs is 1. The van der Waals surface area contributed by atoms with E-state index in [0.29, 0.717) is 19.5 Å². The second kappa shape index (κ2) is 8.27. The quantitative estimate of drug-likeness (QED) is 0.865. The molecule has 2 atom stereocenters. The van der Waals surface area contributed by atoms with Gasteiger partial charge in [-0.05, 0) is 30.4 Å². The number of aliphatic hydroxyl groups excluding tert-OH is 1. The number of nitrogens with zero attached hydrogens (tertiary/aromatic N) is 3. The highest BCUT2D eigenvalue weighted by Gasteiger charge is 2.23. The zero-order valence-corrected chi connectivity index (χ0v) is 15.4. The fraction of sp³-hybridized carbons (Fsp3) is 0.450. The summed E-state index contributed by atoms with van der Waals surface area (Å²) in [6, 6.07) is 9.82. The minimum atomic E-state index is -0.0732. The Labute approximate surface area is 154 Å². The fourth-order valence-corrected chi connectivity index (χ4v) is 3.09. The van der Waals surface area contributed by atoms with Gasteiger partial charge in [-0.3, -0.25) is 0 Å². The average molecular weight is 354 g/mol. The summed E-state index contributed by atoms with van der Waals surface area (Å²) in [5, 5.41) is 12.3. The van der Waals surface area contributed by atoms with Crippen LogP contribution in [0.2, 0.25) is 0 Å². The van der Waals surface area contributed by atoms with Crippen LogP contribution < -0.4 is 5.32 Å². The van der Waals surface area contributed by atoms with E-state index in [0.717, 1.165) is 29.1 Å². The molecule has 2 amide bonds. The first-order valence-electron chi connectivity index (χ1n) is 9.11. The van der Waals surface area contributed by atoms with Crippen LogP contribution in [0, 0.1) is 5.92 Å². The molecular weight excluding hydrogens is 328 g/mol. The molecule has 0 fully saturated rings. The van der Waals surface area contributed by atoms with Crippen molar-refractivity contribution in [3.8, 4) is 0 Å². The summed E-state index contributed by atoms with van der Waals surface area (Å²) in [5.74, 6) is 0.855. The van der Waals surface area contributed by atoms with Crippen LogP contribution >= 0.6 is 0 Å². The zero-order chi connectivity index (χ0) is 18.5. The number of hydrogen-bond acceptors (Lipinski definition) is 4. The van der Waals surface area contributed by atoms with Gasteiger partial charge < -0.3 is 15.3 Å². The number of hydrogen-bond donors (Lipinski definition) is 2. The Bertz CT molecular complexity index is 751. The maximum atomic E-state index is 12.6. The normalized spacial score (nSPS) is 15.9. The lowest BCUT2D eigenvalue weighted by Crippen LogP contribution is -2.44. The summed E-state index contributed by atoms with van der Waals surface area (Å²) < 4.78 is 0. The average Bonchev–Trinajstić information content (AvgIpc) is 2.67.